The normalized spacial score (nSPS) is 19.2. The summed E-state index contributed by atoms with van der Waals surface area (Å²) in [5, 5.41) is 3.24. The Morgan fingerprint density at radius 2 is 2.22 bits per heavy atom. The number of piperazine rings is 1. The lowest BCUT2D eigenvalue weighted by atomic mass is 10.1. The van der Waals surface area contributed by atoms with Gasteiger partial charge in [-0.2, -0.15) is 0 Å². The van der Waals surface area contributed by atoms with Crippen molar-refractivity contribution in [3.63, 3.8) is 0 Å². The van der Waals surface area contributed by atoms with Gasteiger partial charge in [0.05, 0.1) is 5.56 Å². The first-order valence-electron chi connectivity index (χ1n) is 5.80. The predicted octanol–water partition coefficient (Wildman–Crippen LogP) is 0.539. The van der Waals surface area contributed by atoms with Gasteiger partial charge in [-0.1, -0.05) is 0 Å². The number of rotatable bonds is 1. The Balaban J connectivity index is 0.00000162. The zero-order chi connectivity index (χ0) is 12.4. The number of nitrogens with zero attached hydrogens (tertiary/aromatic N) is 1. The summed E-state index contributed by atoms with van der Waals surface area (Å²) in [6.45, 7) is 6.14. The molecule has 0 spiro atoms. The first kappa shape index (κ1) is 14.7. The van der Waals surface area contributed by atoms with Gasteiger partial charge in [0.15, 0.2) is 0 Å². The Hall–Kier alpha value is -1.33. The summed E-state index contributed by atoms with van der Waals surface area (Å²) >= 11 is 0. The molecule has 6 heteroatoms. The van der Waals surface area contributed by atoms with Crippen LogP contribution in [0.25, 0.3) is 0 Å². The minimum Gasteiger partial charge on any atom is -0.333 e. The molecule has 0 radical (unpaired) electrons. The zero-order valence-corrected chi connectivity index (χ0v) is 11.3. The molecule has 0 aromatic carbocycles. The van der Waals surface area contributed by atoms with Crippen LogP contribution in [0, 0.1) is 6.92 Å². The van der Waals surface area contributed by atoms with E-state index in [0.717, 1.165) is 18.7 Å². The number of carbonyl (C=O) groups excluding carboxylic acids is 1. The molecule has 0 saturated carbocycles. The van der Waals surface area contributed by atoms with Crippen molar-refractivity contribution in [3.05, 3.63) is 33.7 Å². The number of aromatic nitrogens is 1. The fourth-order valence-corrected chi connectivity index (χ4v) is 2.10. The lowest BCUT2D eigenvalue weighted by Crippen LogP contribution is -2.52. The van der Waals surface area contributed by atoms with Crippen molar-refractivity contribution in [2.45, 2.75) is 19.9 Å². The van der Waals surface area contributed by atoms with E-state index >= 15 is 0 Å². The maximum Gasteiger partial charge on any atom is 0.255 e. The molecule has 2 heterocycles. The van der Waals surface area contributed by atoms with Gasteiger partial charge < -0.3 is 15.2 Å². The standard InChI is InChI=1S/C12H17N3O2.ClH/c1-8-5-11(16)14-7-10(8)12(17)15-4-3-13-6-9(15)2;/h5,7,9,13H,3-4,6H2,1-2H3,(H,14,16);1H/t9-;/m1./s1. The van der Waals surface area contributed by atoms with Crippen molar-refractivity contribution >= 4 is 18.3 Å². The molecule has 1 atom stereocenters. The summed E-state index contributed by atoms with van der Waals surface area (Å²) < 4.78 is 0. The van der Waals surface area contributed by atoms with Crippen molar-refractivity contribution in [1.82, 2.24) is 15.2 Å². The highest BCUT2D eigenvalue weighted by Crippen LogP contribution is 2.11. The monoisotopic (exact) mass is 271 g/mol. The molecule has 0 bridgehead atoms. The predicted molar refractivity (Wildman–Crippen MR) is 72.4 cm³/mol. The molecule has 1 aromatic heterocycles. The third-order valence-electron chi connectivity index (χ3n) is 3.12. The molecule has 0 aliphatic carbocycles. The Kier molecular flexibility index (Phi) is 4.93. The number of hydrogen-bond acceptors (Lipinski definition) is 3. The van der Waals surface area contributed by atoms with Gasteiger partial charge in [-0.3, -0.25) is 9.59 Å². The minimum absolute atomic E-state index is 0. The van der Waals surface area contributed by atoms with Crippen molar-refractivity contribution < 1.29 is 4.79 Å². The number of halogens is 1. The number of pyridine rings is 1. The number of H-pyrrole nitrogens is 1. The Labute approximate surface area is 112 Å². The lowest BCUT2D eigenvalue weighted by Gasteiger charge is -2.34. The summed E-state index contributed by atoms with van der Waals surface area (Å²) in [4.78, 5) is 27.8. The first-order chi connectivity index (χ1) is 8.09. The van der Waals surface area contributed by atoms with Crippen LogP contribution < -0.4 is 10.9 Å². The second-order valence-corrected chi connectivity index (χ2v) is 4.45. The summed E-state index contributed by atoms with van der Waals surface area (Å²) in [7, 11) is 0. The summed E-state index contributed by atoms with van der Waals surface area (Å²) in [5.41, 5.74) is 1.13. The Morgan fingerprint density at radius 3 is 2.83 bits per heavy atom. The van der Waals surface area contributed by atoms with Crippen LogP contribution >= 0.6 is 12.4 Å². The van der Waals surface area contributed by atoms with E-state index in [1.165, 1.54) is 12.3 Å². The van der Waals surface area contributed by atoms with Crippen LogP contribution in [-0.4, -0.2) is 41.5 Å². The number of hydrogen-bond donors (Lipinski definition) is 2. The van der Waals surface area contributed by atoms with E-state index < -0.39 is 0 Å². The molecule has 100 valence electrons. The fourth-order valence-electron chi connectivity index (χ4n) is 2.10. The number of aryl methyl sites for hydroxylation is 1. The van der Waals surface area contributed by atoms with Crippen molar-refractivity contribution in [1.29, 1.82) is 0 Å². The van der Waals surface area contributed by atoms with Gasteiger partial charge in [0.2, 0.25) is 5.56 Å². The van der Waals surface area contributed by atoms with Crippen molar-refractivity contribution in [2.24, 2.45) is 0 Å². The van der Waals surface area contributed by atoms with E-state index in [1.54, 1.807) is 6.92 Å². The van der Waals surface area contributed by atoms with Crippen LogP contribution in [0.1, 0.15) is 22.8 Å². The lowest BCUT2D eigenvalue weighted by molar-refractivity contribution is 0.0654. The summed E-state index contributed by atoms with van der Waals surface area (Å²) in [6, 6.07) is 1.64. The smallest absolute Gasteiger partial charge is 0.255 e. The average molecular weight is 272 g/mol. The highest BCUT2D eigenvalue weighted by molar-refractivity contribution is 5.95. The van der Waals surface area contributed by atoms with E-state index in [1.807, 2.05) is 11.8 Å². The SMILES string of the molecule is Cc1cc(=O)[nH]cc1C(=O)N1CCNC[C@H]1C.Cl. The number of carbonyl (C=O) groups is 1. The van der Waals surface area contributed by atoms with Crippen LogP contribution in [0.2, 0.25) is 0 Å². The van der Waals surface area contributed by atoms with Gasteiger partial charge in [0.25, 0.3) is 5.91 Å². The molecular formula is C12H18ClN3O2. The third-order valence-corrected chi connectivity index (χ3v) is 3.12. The molecule has 1 aliphatic heterocycles. The topological polar surface area (TPSA) is 65.2 Å². The van der Waals surface area contributed by atoms with E-state index in [-0.39, 0.29) is 29.9 Å². The molecule has 1 saturated heterocycles. The van der Waals surface area contributed by atoms with Gasteiger partial charge in [-0.05, 0) is 19.4 Å². The first-order valence-corrected chi connectivity index (χ1v) is 5.80. The Bertz CT molecular complexity index is 486. The molecule has 2 rings (SSSR count). The highest BCUT2D eigenvalue weighted by atomic mass is 35.5. The van der Waals surface area contributed by atoms with Crippen LogP contribution in [0.4, 0.5) is 0 Å². The summed E-state index contributed by atoms with van der Waals surface area (Å²) in [5.74, 6) is -0.00671. The molecule has 1 aliphatic rings. The van der Waals surface area contributed by atoms with E-state index in [2.05, 4.69) is 10.3 Å². The molecule has 1 aromatic rings. The third kappa shape index (κ3) is 2.91. The number of aromatic amines is 1. The van der Waals surface area contributed by atoms with Crippen LogP contribution in [-0.2, 0) is 0 Å². The number of amides is 1. The maximum atomic E-state index is 12.3. The largest absolute Gasteiger partial charge is 0.333 e. The van der Waals surface area contributed by atoms with Crippen molar-refractivity contribution in [2.75, 3.05) is 19.6 Å². The van der Waals surface area contributed by atoms with E-state index in [4.69, 9.17) is 0 Å². The van der Waals surface area contributed by atoms with Crippen molar-refractivity contribution in [3.8, 4) is 0 Å². The molecule has 18 heavy (non-hydrogen) atoms. The van der Waals surface area contributed by atoms with Crippen LogP contribution in [0.5, 0.6) is 0 Å². The summed E-state index contributed by atoms with van der Waals surface area (Å²) in [6.07, 6.45) is 1.51. The molecular weight excluding hydrogens is 254 g/mol. The Morgan fingerprint density at radius 1 is 1.50 bits per heavy atom. The van der Waals surface area contributed by atoms with Gasteiger partial charge in [-0.15, -0.1) is 12.4 Å². The maximum absolute atomic E-state index is 12.3. The molecule has 2 N–H and O–H groups in total. The van der Waals surface area contributed by atoms with Crippen LogP contribution in [0.3, 0.4) is 0 Å². The van der Waals surface area contributed by atoms with Gasteiger partial charge in [0.1, 0.15) is 0 Å². The van der Waals surface area contributed by atoms with E-state index in [0.29, 0.717) is 12.1 Å². The zero-order valence-electron chi connectivity index (χ0n) is 10.5. The molecule has 0 unspecified atom stereocenters. The second-order valence-electron chi connectivity index (χ2n) is 4.45. The average Bonchev–Trinajstić information content (AvgIpc) is 2.29. The highest BCUT2D eigenvalue weighted by Gasteiger charge is 2.24. The fraction of sp³-hybridized carbons (Fsp3) is 0.500. The molecule has 1 amide bonds. The number of nitrogens with one attached hydrogen (secondary N) is 2. The van der Waals surface area contributed by atoms with Gasteiger partial charge >= 0.3 is 0 Å². The van der Waals surface area contributed by atoms with E-state index in [9.17, 15) is 9.59 Å². The van der Waals surface area contributed by atoms with Gasteiger partial charge in [0, 0.05) is 37.9 Å². The van der Waals surface area contributed by atoms with Gasteiger partial charge in [-0.25, -0.2) is 0 Å². The molecule has 5 nitrogen and oxygen atoms in total. The minimum atomic E-state index is -0.174. The quantitative estimate of drug-likeness (QED) is 0.784. The second kappa shape index (κ2) is 6.02. The molecule has 1 fully saturated rings. The van der Waals surface area contributed by atoms with Crippen LogP contribution in [0.15, 0.2) is 17.1 Å².